The molecular formula is C12H11N3OS. The van der Waals surface area contributed by atoms with Gasteiger partial charge in [-0.15, -0.1) is 11.3 Å². The number of hydrazone groups is 1. The third-order valence-corrected chi connectivity index (χ3v) is 3.12. The summed E-state index contributed by atoms with van der Waals surface area (Å²) in [6.07, 6.45) is 1.57. The quantitative estimate of drug-likeness (QED) is 0.633. The van der Waals surface area contributed by atoms with Gasteiger partial charge in [-0.3, -0.25) is 0 Å². The fourth-order valence-electron chi connectivity index (χ4n) is 1.34. The van der Waals surface area contributed by atoms with Crippen molar-refractivity contribution in [1.82, 2.24) is 5.43 Å². The zero-order chi connectivity index (χ0) is 12.1. The lowest BCUT2D eigenvalue weighted by molar-refractivity contribution is 0.249. The SMILES string of the molecule is NC(=O)N/N=C\c1ccc(-c2ccccc2)s1. The summed E-state index contributed by atoms with van der Waals surface area (Å²) < 4.78 is 0. The van der Waals surface area contributed by atoms with Crippen LogP contribution in [0.5, 0.6) is 0 Å². The Morgan fingerprint density at radius 2 is 2.00 bits per heavy atom. The van der Waals surface area contributed by atoms with Gasteiger partial charge in [-0.1, -0.05) is 30.3 Å². The van der Waals surface area contributed by atoms with Crippen molar-refractivity contribution in [1.29, 1.82) is 0 Å². The van der Waals surface area contributed by atoms with Crippen LogP contribution in [0.15, 0.2) is 47.6 Å². The number of nitrogens with one attached hydrogen (secondary N) is 1. The van der Waals surface area contributed by atoms with E-state index in [1.807, 2.05) is 30.3 Å². The van der Waals surface area contributed by atoms with Gasteiger partial charge in [-0.25, -0.2) is 10.2 Å². The van der Waals surface area contributed by atoms with Crippen LogP contribution in [-0.2, 0) is 0 Å². The van der Waals surface area contributed by atoms with Crippen molar-refractivity contribution in [3.8, 4) is 10.4 Å². The molecule has 0 bridgehead atoms. The van der Waals surface area contributed by atoms with Gasteiger partial charge in [-0.05, 0) is 17.7 Å². The fourth-order valence-corrected chi connectivity index (χ4v) is 2.22. The second kappa shape index (κ2) is 5.27. The minimum absolute atomic E-state index is 0.666. The molecule has 1 aromatic heterocycles. The number of primary amides is 1. The van der Waals surface area contributed by atoms with Crippen LogP contribution in [-0.4, -0.2) is 12.2 Å². The fraction of sp³-hybridized carbons (Fsp3) is 0. The van der Waals surface area contributed by atoms with Crippen LogP contribution in [0.4, 0.5) is 4.79 Å². The van der Waals surface area contributed by atoms with Crippen LogP contribution in [0.3, 0.4) is 0 Å². The molecule has 5 heteroatoms. The number of rotatable bonds is 3. The first-order chi connectivity index (χ1) is 8.25. The van der Waals surface area contributed by atoms with Gasteiger partial charge in [0.1, 0.15) is 0 Å². The summed E-state index contributed by atoms with van der Waals surface area (Å²) in [5.74, 6) is 0. The van der Waals surface area contributed by atoms with E-state index >= 15 is 0 Å². The van der Waals surface area contributed by atoms with E-state index in [0.29, 0.717) is 0 Å². The number of thiophene rings is 1. The number of amides is 2. The second-order valence-electron chi connectivity index (χ2n) is 3.30. The number of benzene rings is 1. The molecule has 0 saturated carbocycles. The van der Waals surface area contributed by atoms with E-state index in [1.165, 1.54) is 5.56 Å². The number of hydrogen-bond acceptors (Lipinski definition) is 3. The standard InChI is InChI=1S/C12H11N3OS/c13-12(16)15-14-8-10-6-7-11(17-10)9-4-2-1-3-5-9/h1-8H,(H3,13,15,16)/b14-8-. The molecule has 0 unspecified atom stereocenters. The monoisotopic (exact) mass is 245 g/mol. The first-order valence-electron chi connectivity index (χ1n) is 4.99. The van der Waals surface area contributed by atoms with Crippen LogP contribution in [0.1, 0.15) is 4.88 Å². The maximum Gasteiger partial charge on any atom is 0.332 e. The van der Waals surface area contributed by atoms with E-state index in [4.69, 9.17) is 5.73 Å². The zero-order valence-corrected chi connectivity index (χ0v) is 9.78. The minimum Gasteiger partial charge on any atom is -0.350 e. The number of nitrogens with zero attached hydrogens (tertiary/aromatic N) is 1. The number of urea groups is 1. The molecule has 3 N–H and O–H groups in total. The van der Waals surface area contributed by atoms with Crippen LogP contribution >= 0.6 is 11.3 Å². The molecule has 2 rings (SSSR count). The predicted octanol–water partition coefficient (Wildman–Crippen LogP) is 2.42. The highest BCUT2D eigenvalue weighted by molar-refractivity contribution is 7.17. The summed E-state index contributed by atoms with van der Waals surface area (Å²) in [5.41, 5.74) is 8.22. The lowest BCUT2D eigenvalue weighted by atomic mass is 10.2. The molecule has 86 valence electrons. The maximum absolute atomic E-state index is 10.4. The molecular weight excluding hydrogens is 234 g/mol. The van der Waals surface area contributed by atoms with Crippen molar-refractivity contribution < 1.29 is 4.79 Å². The van der Waals surface area contributed by atoms with Gasteiger partial charge >= 0.3 is 6.03 Å². The molecule has 2 amide bonds. The molecule has 0 aliphatic rings. The molecule has 1 heterocycles. The highest BCUT2D eigenvalue weighted by Crippen LogP contribution is 2.26. The molecule has 0 aliphatic carbocycles. The van der Waals surface area contributed by atoms with Gasteiger partial charge in [0.05, 0.1) is 6.21 Å². The average molecular weight is 245 g/mol. The molecule has 0 saturated heterocycles. The van der Waals surface area contributed by atoms with E-state index in [9.17, 15) is 4.79 Å². The molecule has 1 aromatic carbocycles. The molecule has 0 aliphatic heterocycles. The van der Waals surface area contributed by atoms with E-state index in [-0.39, 0.29) is 0 Å². The summed E-state index contributed by atoms with van der Waals surface area (Å²) in [6.45, 7) is 0. The second-order valence-corrected chi connectivity index (χ2v) is 4.42. The van der Waals surface area contributed by atoms with E-state index < -0.39 is 6.03 Å². The Hall–Kier alpha value is -2.14. The maximum atomic E-state index is 10.4. The normalized spacial score (nSPS) is 10.6. The van der Waals surface area contributed by atoms with E-state index in [1.54, 1.807) is 17.6 Å². The molecule has 17 heavy (non-hydrogen) atoms. The van der Waals surface area contributed by atoms with Crippen molar-refractivity contribution in [3.05, 3.63) is 47.3 Å². The van der Waals surface area contributed by atoms with Crippen molar-refractivity contribution in [3.63, 3.8) is 0 Å². The number of hydrogen-bond donors (Lipinski definition) is 2. The molecule has 0 spiro atoms. The van der Waals surface area contributed by atoms with E-state index in [2.05, 4.69) is 22.7 Å². The summed E-state index contributed by atoms with van der Waals surface area (Å²) in [4.78, 5) is 12.5. The van der Waals surface area contributed by atoms with Crippen molar-refractivity contribution in [2.75, 3.05) is 0 Å². The third-order valence-electron chi connectivity index (χ3n) is 2.05. The summed E-state index contributed by atoms with van der Waals surface area (Å²) in [5, 5.41) is 3.71. The zero-order valence-electron chi connectivity index (χ0n) is 8.96. The van der Waals surface area contributed by atoms with Crippen LogP contribution in [0.2, 0.25) is 0 Å². The van der Waals surface area contributed by atoms with Gasteiger partial charge in [0.25, 0.3) is 0 Å². The van der Waals surface area contributed by atoms with Gasteiger partial charge in [0, 0.05) is 9.75 Å². The Labute approximate surface area is 103 Å². The highest BCUT2D eigenvalue weighted by atomic mass is 32.1. The Balaban J connectivity index is 2.11. The Morgan fingerprint density at radius 3 is 2.71 bits per heavy atom. The number of carbonyl (C=O) groups excluding carboxylic acids is 1. The lowest BCUT2D eigenvalue weighted by Crippen LogP contribution is -2.24. The van der Waals surface area contributed by atoms with Crippen molar-refractivity contribution in [2.24, 2.45) is 10.8 Å². The lowest BCUT2D eigenvalue weighted by Gasteiger charge is -1.94. The number of nitrogens with two attached hydrogens (primary N) is 1. The van der Waals surface area contributed by atoms with Crippen LogP contribution < -0.4 is 11.2 Å². The Bertz CT molecular complexity index is 534. The van der Waals surface area contributed by atoms with Crippen molar-refractivity contribution in [2.45, 2.75) is 0 Å². The van der Waals surface area contributed by atoms with Crippen LogP contribution in [0.25, 0.3) is 10.4 Å². The van der Waals surface area contributed by atoms with Gasteiger partial charge in [-0.2, -0.15) is 5.10 Å². The summed E-state index contributed by atoms with van der Waals surface area (Å²) in [7, 11) is 0. The Morgan fingerprint density at radius 1 is 1.24 bits per heavy atom. The molecule has 0 atom stereocenters. The Kier molecular flexibility index (Phi) is 3.52. The van der Waals surface area contributed by atoms with Crippen LogP contribution in [0, 0.1) is 0 Å². The first kappa shape index (κ1) is 11.3. The molecule has 0 fully saturated rings. The van der Waals surface area contributed by atoms with Gasteiger partial charge in [0.2, 0.25) is 0 Å². The van der Waals surface area contributed by atoms with Crippen molar-refractivity contribution >= 4 is 23.6 Å². The topological polar surface area (TPSA) is 67.5 Å². The van der Waals surface area contributed by atoms with Gasteiger partial charge < -0.3 is 5.73 Å². The summed E-state index contributed by atoms with van der Waals surface area (Å²) in [6, 6.07) is 13.4. The minimum atomic E-state index is -0.666. The smallest absolute Gasteiger partial charge is 0.332 e. The highest BCUT2D eigenvalue weighted by Gasteiger charge is 2.00. The third kappa shape index (κ3) is 3.15. The average Bonchev–Trinajstić information content (AvgIpc) is 2.78. The van der Waals surface area contributed by atoms with Gasteiger partial charge in [0.15, 0.2) is 0 Å². The predicted molar refractivity (Wildman–Crippen MR) is 70.1 cm³/mol. The first-order valence-corrected chi connectivity index (χ1v) is 5.81. The largest absolute Gasteiger partial charge is 0.350 e. The number of carbonyl (C=O) groups is 1. The molecule has 2 aromatic rings. The summed E-state index contributed by atoms with van der Waals surface area (Å²) >= 11 is 1.60. The van der Waals surface area contributed by atoms with E-state index in [0.717, 1.165) is 9.75 Å². The molecule has 0 radical (unpaired) electrons. The molecule has 4 nitrogen and oxygen atoms in total.